The van der Waals surface area contributed by atoms with Gasteiger partial charge in [-0.15, -0.1) is 0 Å². The molecular weight excluding hydrogens is 592 g/mol. The molecule has 2 fully saturated rings. The van der Waals surface area contributed by atoms with Crippen molar-refractivity contribution < 1.29 is 22.7 Å². The monoisotopic (exact) mass is 640 g/mol. The second kappa shape index (κ2) is 15.8. The van der Waals surface area contributed by atoms with Crippen LogP contribution in [-0.4, -0.2) is 98.1 Å². The number of ether oxygens (including phenoxy) is 1. The van der Waals surface area contributed by atoms with Crippen molar-refractivity contribution in [3.63, 3.8) is 0 Å². The van der Waals surface area contributed by atoms with Gasteiger partial charge in [-0.3, -0.25) is 14.5 Å². The molecule has 2 aliphatic rings. The maximum absolute atomic E-state index is 13.6. The number of aromatic nitrogens is 1. The Morgan fingerprint density at radius 1 is 1.04 bits per heavy atom. The van der Waals surface area contributed by atoms with E-state index in [4.69, 9.17) is 4.74 Å². The minimum Gasteiger partial charge on any atom is -0.481 e. The van der Waals surface area contributed by atoms with E-state index in [0.29, 0.717) is 55.1 Å². The zero-order chi connectivity index (χ0) is 32.6. The lowest BCUT2D eigenvalue weighted by molar-refractivity contribution is -0.133. The number of hydrogen-bond acceptors (Lipinski definition) is 8. The van der Waals surface area contributed by atoms with E-state index in [2.05, 4.69) is 20.2 Å². The lowest BCUT2D eigenvalue weighted by atomic mass is 9.87. The number of sulfonamides is 1. The highest BCUT2D eigenvalue weighted by molar-refractivity contribution is 7.89. The van der Waals surface area contributed by atoms with Gasteiger partial charge in [0.15, 0.2) is 0 Å². The van der Waals surface area contributed by atoms with Crippen molar-refractivity contribution in [1.82, 2.24) is 24.4 Å². The highest BCUT2D eigenvalue weighted by atomic mass is 32.2. The van der Waals surface area contributed by atoms with Crippen LogP contribution < -0.4 is 10.1 Å². The standard InChI is InChI=1S/C33H48N6O5S/c1-6-37(7-2)23-32(40)38-18-20-39(21-19-38)45(42,43)28-14-12-27(13-15-28)29(22-26-10-8-9-11-26)33(41)36-25(4)35-30-16-17-31(44-5)34-24(30)3/h12-17,26,29H,6-11,18-23H2,1-5H3,(H,35,36,41). The molecule has 1 unspecified atom stereocenters. The van der Waals surface area contributed by atoms with Gasteiger partial charge in [0.1, 0.15) is 5.84 Å². The van der Waals surface area contributed by atoms with Crippen LogP contribution in [0.1, 0.15) is 70.1 Å². The molecule has 1 aromatic heterocycles. The molecule has 1 saturated heterocycles. The van der Waals surface area contributed by atoms with Gasteiger partial charge >= 0.3 is 0 Å². The number of nitrogens with one attached hydrogen (secondary N) is 1. The van der Waals surface area contributed by atoms with Crippen LogP contribution in [-0.2, 0) is 19.6 Å². The van der Waals surface area contributed by atoms with Gasteiger partial charge in [-0.05, 0) is 63.0 Å². The van der Waals surface area contributed by atoms with Gasteiger partial charge in [0.2, 0.25) is 27.7 Å². The van der Waals surface area contributed by atoms with E-state index in [1.54, 1.807) is 55.3 Å². The Kier molecular flexibility index (Phi) is 12.1. The fourth-order valence-electron chi connectivity index (χ4n) is 6.15. The van der Waals surface area contributed by atoms with E-state index in [1.165, 1.54) is 4.31 Å². The maximum atomic E-state index is 13.6. The highest BCUT2D eigenvalue weighted by Gasteiger charge is 2.32. The number of rotatable bonds is 12. The van der Waals surface area contributed by atoms with Gasteiger partial charge < -0.3 is 15.0 Å². The molecule has 0 radical (unpaired) electrons. The zero-order valence-corrected chi connectivity index (χ0v) is 28.1. The number of hydrogen-bond donors (Lipinski definition) is 1. The third-order valence-electron chi connectivity index (χ3n) is 8.96. The first-order valence-corrected chi connectivity index (χ1v) is 17.5. The molecule has 2 heterocycles. The third-order valence-corrected chi connectivity index (χ3v) is 10.9. The molecule has 1 aliphatic heterocycles. The van der Waals surface area contributed by atoms with Crippen molar-refractivity contribution in [2.45, 2.75) is 70.6 Å². The molecule has 1 N–H and O–H groups in total. The molecule has 1 atom stereocenters. The predicted octanol–water partition coefficient (Wildman–Crippen LogP) is 4.10. The summed E-state index contributed by atoms with van der Waals surface area (Å²) in [7, 11) is -2.18. The van der Waals surface area contributed by atoms with Gasteiger partial charge in [-0.2, -0.15) is 4.31 Å². The first-order chi connectivity index (χ1) is 21.5. The average Bonchev–Trinajstić information content (AvgIpc) is 3.57. The van der Waals surface area contributed by atoms with Crippen molar-refractivity contribution in [3.8, 4) is 5.88 Å². The highest BCUT2D eigenvalue weighted by Crippen LogP contribution is 2.35. The second-order valence-corrected chi connectivity index (χ2v) is 13.8. The number of aryl methyl sites for hydroxylation is 1. The van der Waals surface area contributed by atoms with E-state index in [9.17, 15) is 18.0 Å². The summed E-state index contributed by atoms with van der Waals surface area (Å²) in [6.45, 7) is 10.8. The van der Waals surface area contributed by atoms with Crippen LogP contribution in [0.2, 0.25) is 0 Å². The molecule has 11 nitrogen and oxygen atoms in total. The van der Waals surface area contributed by atoms with E-state index >= 15 is 0 Å². The molecule has 0 bridgehead atoms. The summed E-state index contributed by atoms with van der Waals surface area (Å²) in [6, 6.07) is 10.3. The summed E-state index contributed by atoms with van der Waals surface area (Å²) >= 11 is 0. The van der Waals surface area contributed by atoms with E-state index in [-0.39, 0.29) is 29.8 Å². The summed E-state index contributed by atoms with van der Waals surface area (Å²) in [5.74, 6) is 0.825. The van der Waals surface area contributed by atoms with Crippen molar-refractivity contribution in [2.75, 3.05) is 52.9 Å². The van der Waals surface area contributed by atoms with Gasteiger partial charge in [0.05, 0.1) is 35.8 Å². The third kappa shape index (κ3) is 8.89. The zero-order valence-electron chi connectivity index (χ0n) is 27.3. The van der Waals surface area contributed by atoms with Crippen LogP contribution in [0.3, 0.4) is 0 Å². The number of carbonyl (C=O) groups excluding carboxylic acids is 2. The first-order valence-electron chi connectivity index (χ1n) is 16.0. The van der Waals surface area contributed by atoms with Crippen molar-refractivity contribution >= 4 is 33.4 Å². The molecule has 12 heteroatoms. The van der Waals surface area contributed by atoms with Gasteiger partial charge in [-0.25, -0.2) is 18.4 Å². The van der Waals surface area contributed by atoms with Crippen LogP contribution in [0.25, 0.3) is 0 Å². The minimum atomic E-state index is -3.74. The quantitative estimate of drug-likeness (QED) is 0.274. The lowest BCUT2D eigenvalue weighted by Crippen LogP contribution is -2.52. The Balaban J connectivity index is 1.45. The normalized spacial score (nSPS) is 17.5. The molecule has 4 rings (SSSR count). The van der Waals surface area contributed by atoms with Crippen LogP contribution in [0.15, 0.2) is 46.3 Å². The van der Waals surface area contributed by atoms with Crippen LogP contribution in [0.4, 0.5) is 5.69 Å². The number of carbonyl (C=O) groups is 2. The number of amidine groups is 1. The van der Waals surface area contributed by atoms with Gasteiger partial charge in [-0.1, -0.05) is 51.7 Å². The molecule has 2 amide bonds. The van der Waals surface area contributed by atoms with Crippen molar-refractivity contribution in [3.05, 3.63) is 47.7 Å². The largest absolute Gasteiger partial charge is 0.481 e. The Morgan fingerprint density at radius 3 is 2.27 bits per heavy atom. The average molecular weight is 641 g/mol. The number of aliphatic imine (C=N–C) groups is 1. The number of likely N-dealkylation sites (N-methyl/N-ethyl adjacent to an activating group) is 1. The van der Waals surface area contributed by atoms with Crippen LogP contribution in [0, 0.1) is 12.8 Å². The molecule has 2 aromatic rings. The van der Waals surface area contributed by atoms with Crippen LogP contribution >= 0.6 is 0 Å². The second-order valence-electron chi connectivity index (χ2n) is 11.9. The number of nitrogens with zero attached hydrogens (tertiary/aromatic N) is 5. The van der Waals surface area contributed by atoms with Crippen molar-refractivity contribution in [1.29, 1.82) is 0 Å². The summed E-state index contributed by atoms with van der Waals surface area (Å²) < 4.78 is 33.7. The predicted molar refractivity (Wildman–Crippen MR) is 175 cm³/mol. The summed E-state index contributed by atoms with van der Waals surface area (Å²) in [5.41, 5.74) is 2.11. The van der Waals surface area contributed by atoms with Gasteiger partial charge in [0, 0.05) is 32.2 Å². The first kappa shape index (κ1) is 34.5. The fourth-order valence-corrected chi connectivity index (χ4v) is 7.57. The maximum Gasteiger partial charge on any atom is 0.243 e. The summed E-state index contributed by atoms with van der Waals surface area (Å²) in [5, 5.41) is 2.98. The Hall–Kier alpha value is -3.35. The smallest absolute Gasteiger partial charge is 0.243 e. The molecule has 246 valence electrons. The number of methoxy groups -OCH3 is 1. The lowest BCUT2D eigenvalue weighted by Gasteiger charge is -2.35. The molecule has 1 aromatic carbocycles. The Morgan fingerprint density at radius 2 is 1.69 bits per heavy atom. The summed E-state index contributed by atoms with van der Waals surface area (Å²) in [6.07, 6.45) is 5.19. The van der Waals surface area contributed by atoms with Crippen molar-refractivity contribution in [2.24, 2.45) is 10.9 Å². The minimum absolute atomic E-state index is 0.0303. The molecule has 1 aliphatic carbocycles. The molecular formula is C33H48N6O5S. The Labute approximate surface area is 268 Å². The van der Waals surface area contributed by atoms with E-state index in [1.807, 2.05) is 20.8 Å². The Bertz CT molecular complexity index is 1440. The van der Waals surface area contributed by atoms with E-state index < -0.39 is 15.9 Å². The number of amides is 2. The molecule has 1 saturated carbocycles. The molecule has 0 spiro atoms. The number of pyridine rings is 1. The summed E-state index contributed by atoms with van der Waals surface area (Å²) in [4.78, 5) is 39.3. The van der Waals surface area contributed by atoms with Crippen LogP contribution in [0.5, 0.6) is 5.88 Å². The number of piperazine rings is 1. The number of benzene rings is 1. The topological polar surface area (TPSA) is 125 Å². The fraction of sp³-hybridized carbons (Fsp3) is 0.576. The SMILES string of the molecule is CCN(CC)CC(=O)N1CCN(S(=O)(=O)c2ccc(C(CC3CCCC3)C(=O)N/C(C)=N/c3ccc(OC)nc3C)cc2)CC1. The van der Waals surface area contributed by atoms with Gasteiger partial charge in [0.25, 0.3) is 0 Å². The van der Waals surface area contributed by atoms with E-state index in [0.717, 1.165) is 44.3 Å². The molecule has 45 heavy (non-hydrogen) atoms.